The van der Waals surface area contributed by atoms with Gasteiger partial charge in [-0.2, -0.15) is 4.31 Å². The predicted molar refractivity (Wildman–Crippen MR) is 105 cm³/mol. The highest BCUT2D eigenvalue weighted by molar-refractivity contribution is 7.89. The van der Waals surface area contributed by atoms with Crippen molar-refractivity contribution in [2.45, 2.75) is 49.6 Å². The number of nitrogens with zero attached hydrogens (tertiary/aromatic N) is 1. The van der Waals surface area contributed by atoms with Crippen molar-refractivity contribution in [3.05, 3.63) is 66.2 Å². The second kappa shape index (κ2) is 9.15. The Morgan fingerprint density at radius 2 is 1.52 bits per heavy atom. The number of benzene rings is 2. The fourth-order valence-electron chi connectivity index (χ4n) is 3.50. The van der Waals surface area contributed by atoms with Gasteiger partial charge in [-0.3, -0.25) is 4.79 Å². The van der Waals surface area contributed by atoms with Crippen LogP contribution in [0.5, 0.6) is 0 Å². The standard InChI is InChI=1S/C21H26N2O3S/c24-21(22-16-18-10-4-1-5-11-18)17-23(19-12-6-2-7-13-19)27(25,26)20-14-8-3-9-15-20/h1,3-5,8-11,14-15,19H,2,6-7,12-13,16-17H2,(H,22,24). The van der Waals surface area contributed by atoms with E-state index in [0.717, 1.165) is 37.7 Å². The Morgan fingerprint density at radius 1 is 0.926 bits per heavy atom. The van der Waals surface area contributed by atoms with Crippen molar-refractivity contribution in [1.82, 2.24) is 9.62 Å². The normalized spacial score (nSPS) is 15.6. The maximum atomic E-state index is 13.2. The minimum atomic E-state index is -3.71. The van der Waals surface area contributed by atoms with E-state index in [0.29, 0.717) is 6.54 Å². The minimum absolute atomic E-state index is 0.119. The maximum Gasteiger partial charge on any atom is 0.243 e. The van der Waals surface area contributed by atoms with Crippen LogP contribution in [-0.4, -0.2) is 31.2 Å². The third-order valence-corrected chi connectivity index (χ3v) is 6.88. The molecule has 0 radical (unpaired) electrons. The molecule has 144 valence electrons. The van der Waals surface area contributed by atoms with Crippen molar-refractivity contribution < 1.29 is 13.2 Å². The van der Waals surface area contributed by atoms with Gasteiger partial charge in [-0.05, 0) is 30.5 Å². The van der Waals surface area contributed by atoms with Gasteiger partial charge in [0, 0.05) is 12.6 Å². The van der Waals surface area contributed by atoms with E-state index in [1.165, 1.54) is 4.31 Å². The van der Waals surface area contributed by atoms with Crippen molar-refractivity contribution >= 4 is 15.9 Å². The molecule has 0 aromatic heterocycles. The van der Waals surface area contributed by atoms with Gasteiger partial charge in [-0.1, -0.05) is 67.8 Å². The van der Waals surface area contributed by atoms with Crippen LogP contribution in [0.25, 0.3) is 0 Å². The van der Waals surface area contributed by atoms with Crippen LogP contribution in [0.4, 0.5) is 0 Å². The minimum Gasteiger partial charge on any atom is -0.351 e. The maximum absolute atomic E-state index is 13.2. The van der Waals surface area contributed by atoms with Crippen LogP contribution in [0.3, 0.4) is 0 Å². The summed E-state index contributed by atoms with van der Waals surface area (Å²) in [5.41, 5.74) is 0.987. The largest absolute Gasteiger partial charge is 0.351 e. The summed E-state index contributed by atoms with van der Waals surface area (Å²) in [6.45, 7) is 0.248. The molecule has 1 N–H and O–H groups in total. The van der Waals surface area contributed by atoms with Crippen molar-refractivity contribution in [2.75, 3.05) is 6.54 Å². The number of hydrogen-bond acceptors (Lipinski definition) is 3. The Balaban J connectivity index is 1.74. The molecule has 6 heteroatoms. The molecule has 0 atom stereocenters. The highest BCUT2D eigenvalue weighted by atomic mass is 32.2. The van der Waals surface area contributed by atoms with Crippen LogP contribution >= 0.6 is 0 Å². The lowest BCUT2D eigenvalue weighted by Crippen LogP contribution is -2.46. The smallest absolute Gasteiger partial charge is 0.243 e. The summed E-state index contributed by atoms with van der Waals surface area (Å²) in [4.78, 5) is 12.8. The van der Waals surface area contributed by atoms with Gasteiger partial charge in [-0.25, -0.2) is 8.42 Å². The Morgan fingerprint density at radius 3 is 2.15 bits per heavy atom. The first-order chi connectivity index (χ1) is 13.1. The van der Waals surface area contributed by atoms with E-state index in [2.05, 4.69) is 5.32 Å². The summed E-state index contributed by atoms with van der Waals surface area (Å²) < 4.78 is 27.8. The summed E-state index contributed by atoms with van der Waals surface area (Å²) >= 11 is 0. The van der Waals surface area contributed by atoms with Crippen LogP contribution in [0.2, 0.25) is 0 Å². The van der Waals surface area contributed by atoms with Gasteiger partial charge >= 0.3 is 0 Å². The zero-order valence-electron chi connectivity index (χ0n) is 15.4. The van der Waals surface area contributed by atoms with Gasteiger partial charge in [0.1, 0.15) is 0 Å². The predicted octanol–water partition coefficient (Wildman–Crippen LogP) is 3.33. The Labute approximate surface area is 161 Å². The molecule has 0 saturated heterocycles. The molecule has 0 unspecified atom stereocenters. The molecule has 0 spiro atoms. The third kappa shape index (κ3) is 5.17. The van der Waals surface area contributed by atoms with Gasteiger partial charge in [-0.15, -0.1) is 0 Å². The van der Waals surface area contributed by atoms with E-state index in [1.54, 1.807) is 30.3 Å². The topological polar surface area (TPSA) is 66.5 Å². The van der Waals surface area contributed by atoms with Gasteiger partial charge in [0.05, 0.1) is 11.4 Å². The van der Waals surface area contributed by atoms with E-state index in [1.807, 2.05) is 30.3 Å². The number of amides is 1. The van der Waals surface area contributed by atoms with E-state index < -0.39 is 10.0 Å². The van der Waals surface area contributed by atoms with Crippen molar-refractivity contribution in [1.29, 1.82) is 0 Å². The Hall–Kier alpha value is -2.18. The Kier molecular flexibility index (Phi) is 6.63. The van der Waals surface area contributed by atoms with E-state index >= 15 is 0 Å². The average Bonchev–Trinajstić information content (AvgIpc) is 2.72. The monoisotopic (exact) mass is 386 g/mol. The first-order valence-corrected chi connectivity index (χ1v) is 10.9. The van der Waals surface area contributed by atoms with Crippen molar-refractivity contribution in [2.24, 2.45) is 0 Å². The van der Waals surface area contributed by atoms with Crippen LogP contribution in [0.15, 0.2) is 65.6 Å². The number of carbonyl (C=O) groups excluding carboxylic acids is 1. The van der Waals surface area contributed by atoms with Crippen molar-refractivity contribution in [3.8, 4) is 0 Å². The molecule has 0 heterocycles. The molecule has 1 aliphatic rings. The average molecular weight is 387 g/mol. The van der Waals surface area contributed by atoms with Gasteiger partial charge in [0.15, 0.2) is 0 Å². The summed E-state index contributed by atoms with van der Waals surface area (Å²) in [6.07, 6.45) is 4.72. The quantitative estimate of drug-likeness (QED) is 0.794. The fourth-order valence-corrected chi connectivity index (χ4v) is 5.16. The summed E-state index contributed by atoms with van der Waals surface area (Å²) in [7, 11) is -3.71. The van der Waals surface area contributed by atoms with Gasteiger partial charge in [0.25, 0.3) is 0 Å². The van der Waals surface area contributed by atoms with E-state index in [9.17, 15) is 13.2 Å². The number of carbonyl (C=O) groups is 1. The molecule has 0 aliphatic heterocycles. The number of sulfonamides is 1. The zero-order chi connectivity index (χ0) is 19.1. The molecule has 0 bridgehead atoms. The molecular weight excluding hydrogens is 360 g/mol. The lowest BCUT2D eigenvalue weighted by molar-refractivity contribution is -0.121. The van der Waals surface area contributed by atoms with Crippen LogP contribution < -0.4 is 5.32 Å². The second-order valence-electron chi connectivity index (χ2n) is 6.92. The molecule has 1 aliphatic carbocycles. The van der Waals surface area contributed by atoms with Crippen LogP contribution in [0, 0.1) is 0 Å². The molecule has 3 rings (SSSR count). The number of rotatable bonds is 7. The third-order valence-electron chi connectivity index (χ3n) is 4.96. The molecule has 1 fully saturated rings. The molecule has 1 amide bonds. The molecule has 5 nitrogen and oxygen atoms in total. The lowest BCUT2D eigenvalue weighted by atomic mass is 9.95. The second-order valence-corrected chi connectivity index (χ2v) is 8.81. The first-order valence-electron chi connectivity index (χ1n) is 9.45. The lowest BCUT2D eigenvalue weighted by Gasteiger charge is -2.33. The number of nitrogens with one attached hydrogen (secondary N) is 1. The SMILES string of the molecule is O=C(CN(C1CCCCC1)S(=O)(=O)c1ccccc1)NCc1ccccc1. The van der Waals surface area contributed by atoms with E-state index in [-0.39, 0.29) is 23.4 Å². The zero-order valence-corrected chi connectivity index (χ0v) is 16.2. The van der Waals surface area contributed by atoms with Crippen LogP contribution in [0.1, 0.15) is 37.7 Å². The Bertz CT molecular complexity index is 832. The molecular formula is C21H26N2O3S. The fraction of sp³-hybridized carbons (Fsp3) is 0.381. The van der Waals surface area contributed by atoms with Gasteiger partial charge in [0.2, 0.25) is 15.9 Å². The molecule has 2 aromatic carbocycles. The van der Waals surface area contributed by atoms with Gasteiger partial charge < -0.3 is 5.32 Å². The molecule has 27 heavy (non-hydrogen) atoms. The highest BCUT2D eigenvalue weighted by Gasteiger charge is 2.33. The number of hydrogen-bond donors (Lipinski definition) is 1. The first kappa shape index (κ1) is 19.6. The molecule has 2 aromatic rings. The van der Waals surface area contributed by atoms with Crippen molar-refractivity contribution in [3.63, 3.8) is 0 Å². The summed E-state index contributed by atoms with van der Waals surface area (Å²) in [5.74, 6) is -0.274. The molecule has 1 saturated carbocycles. The van der Waals surface area contributed by atoms with Crippen LogP contribution in [-0.2, 0) is 21.4 Å². The summed E-state index contributed by atoms with van der Waals surface area (Å²) in [5, 5.41) is 2.85. The van der Waals surface area contributed by atoms with E-state index in [4.69, 9.17) is 0 Å². The highest BCUT2D eigenvalue weighted by Crippen LogP contribution is 2.27. The summed E-state index contributed by atoms with van der Waals surface area (Å²) in [6, 6.07) is 17.9.